The highest BCUT2D eigenvalue weighted by Crippen LogP contribution is 2.34. The van der Waals surface area contributed by atoms with E-state index in [-0.39, 0.29) is 17.4 Å². The molecule has 104 valence electrons. The minimum atomic E-state index is -0.111. The molecule has 0 bridgehead atoms. The minimum absolute atomic E-state index is 0.0382. The molecule has 5 heteroatoms. The maximum atomic E-state index is 12.3. The molecule has 2 rings (SSSR count). The van der Waals surface area contributed by atoms with Gasteiger partial charge in [0.05, 0.1) is 11.9 Å². The predicted octanol–water partition coefficient (Wildman–Crippen LogP) is 2.31. The molecule has 5 nitrogen and oxygen atoms in total. The lowest BCUT2D eigenvalue weighted by Crippen LogP contribution is -2.35. The Hall–Kier alpha value is -1.65. The van der Waals surface area contributed by atoms with Gasteiger partial charge in [0.2, 0.25) is 0 Å². The van der Waals surface area contributed by atoms with Crippen molar-refractivity contribution in [2.75, 3.05) is 11.9 Å². The van der Waals surface area contributed by atoms with Crippen molar-refractivity contribution in [3.63, 3.8) is 0 Å². The van der Waals surface area contributed by atoms with Gasteiger partial charge in [0, 0.05) is 18.0 Å². The number of anilines is 1. The maximum Gasteiger partial charge on any atom is 0.272 e. The topological polar surface area (TPSA) is 66.9 Å². The van der Waals surface area contributed by atoms with Gasteiger partial charge in [0.25, 0.3) is 5.91 Å². The van der Waals surface area contributed by atoms with Crippen molar-refractivity contribution >= 4 is 11.6 Å². The Balaban J connectivity index is 2.28. The third kappa shape index (κ3) is 3.22. The number of nitrogens with zero attached hydrogens (tertiary/aromatic N) is 2. The Morgan fingerprint density at radius 2 is 2.16 bits per heavy atom. The van der Waals surface area contributed by atoms with Crippen LogP contribution in [0.5, 0.6) is 0 Å². The molecule has 0 atom stereocenters. The summed E-state index contributed by atoms with van der Waals surface area (Å²) in [4.78, 5) is 21.0. The van der Waals surface area contributed by atoms with Crippen LogP contribution in [0.15, 0.2) is 6.20 Å². The molecule has 1 aliphatic rings. The molecule has 0 aliphatic heterocycles. The summed E-state index contributed by atoms with van der Waals surface area (Å²) in [5.74, 6) is 0.798. The predicted molar refractivity (Wildman–Crippen MR) is 75.4 cm³/mol. The molecule has 0 spiro atoms. The molecule has 1 heterocycles. The van der Waals surface area contributed by atoms with Crippen molar-refractivity contribution < 1.29 is 4.79 Å². The second-order valence-corrected chi connectivity index (χ2v) is 5.69. The fraction of sp³-hybridized carbons (Fsp3) is 0.643. The largest absolute Gasteiger partial charge is 0.382 e. The summed E-state index contributed by atoms with van der Waals surface area (Å²) in [6.45, 7) is 8.82. The first-order valence-corrected chi connectivity index (χ1v) is 6.88. The zero-order valence-corrected chi connectivity index (χ0v) is 12.1. The maximum absolute atomic E-state index is 12.3. The van der Waals surface area contributed by atoms with Gasteiger partial charge in [0.15, 0.2) is 5.69 Å². The number of hydrogen-bond acceptors (Lipinski definition) is 4. The Bertz CT molecular complexity index is 480. The van der Waals surface area contributed by atoms with Gasteiger partial charge in [-0.05, 0) is 26.7 Å². The van der Waals surface area contributed by atoms with Crippen LogP contribution in [-0.2, 0) is 0 Å². The van der Waals surface area contributed by atoms with E-state index in [2.05, 4.69) is 27.5 Å². The van der Waals surface area contributed by atoms with E-state index in [0.29, 0.717) is 17.2 Å². The molecule has 0 radical (unpaired) electrons. The number of rotatable bonds is 5. The van der Waals surface area contributed by atoms with E-state index in [4.69, 9.17) is 0 Å². The lowest BCUT2D eigenvalue weighted by atomic mass is 10.2. The number of carbonyl (C=O) groups excluding carboxylic acids is 1. The van der Waals surface area contributed by atoms with Crippen LogP contribution in [0.25, 0.3) is 0 Å². The summed E-state index contributed by atoms with van der Waals surface area (Å²) in [6.07, 6.45) is 3.78. The van der Waals surface area contributed by atoms with Crippen molar-refractivity contribution in [1.82, 2.24) is 15.3 Å². The monoisotopic (exact) mass is 262 g/mol. The standard InChI is InChI=1S/C14H22N4O/c1-5-15-10-8-16-12(9(2)3)17-11(10)13(19)18-14(4)6-7-14/h8-9,15H,5-7H2,1-4H3,(H,18,19). The third-order valence-corrected chi connectivity index (χ3v) is 3.32. The number of hydrogen-bond donors (Lipinski definition) is 2. The lowest BCUT2D eigenvalue weighted by Gasteiger charge is -2.15. The quantitative estimate of drug-likeness (QED) is 0.854. The SMILES string of the molecule is CCNc1cnc(C(C)C)nc1C(=O)NC1(C)CC1. The molecule has 1 aromatic heterocycles. The zero-order chi connectivity index (χ0) is 14.0. The summed E-state index contributed by atoms with van der Waals surface area (Å²) in [5.41, 5.74) is 1.12. The Morgan fingerprint density at radius 1 is 1.47 bits per heavy atom. The molecule has 1 amide bonds. The van der Waals surface area contributed by atoms with E-state index in [9.17, 15) is 4.79 Å². The second-order valence-electron chi connectivity index (χ2n) is 5.69. The average molecular weight is 262 g/mol. The van der Waals surface area contributed by atoms with Crippen LogP contribution in [0, 0.1) is 0 Å². The molecular weight excluding hydrogens is 240 g/mol. The summed E-state index contributed by atoms with van der Waals surface area (Å²) >= 11 is 0. The zero-order valence-electron chi connectivity index (χ0n) is 12.1. The van der Waals surface area contributed by atoms with Crippen LogP contribution < -0.4 is 10.6 Å². The van der Waals surface area contributed by atoms with Crippen molar-refractivity contribution in [2.24, 2.45) is 0 Å². The van der Waals surface area contributed by atoms with E-state index >= 15 is 0 Å². The second kappa shape index (κ2) is 5.15. The van der Waals surface area contributed by atoms with E-state index in [1.807, 2.05) is 20.8 Å². The normalized spacial score (nSPS) is 16.3. The van der Waals surface area contributed by atoms with Gasteiger partial charge in [-0.1, -0.05) is 13.8 Å². The molecule has 1 saturated carbocycles. The number of aromatic nitrogens is 2. The average Bonchev–Trinajstić information content (AvgIpc) is 3.07. The first kappa shape index (κ1) is 13.8. The third-order valence-electron chi connectivity index (χ3n) is 3.32. The summed E-state index contributed by atoms with van der Waals surface area (Å²) in [6, 6.07) is 0. The van der Waals surface area contributed by atoms with Crippen LogP contribution in [0.1, 0.15) is 62.8 Å². The fourth-order valence-electron chi connectivity index (χ4n) is 1.81. The summed E-state index contributed by atoms with van der Waals surface area (Å²) in [7, 11) is 0. The molecule has 2 N–H and O–H groups in total. The van der Waals surface area contributed by atoms with E-state index in [1.165, 1.54) is 0 Å². The van der Waals surface area contributed by atoms with Gasteiger partial charge >= 0.3 is 0 Å². The number of carbonyl (C=O) groups is 1. The van der Waals surface area contributed by atoms with Crippen molar-refractivity contribution in [3.05, 3.63) is 17.7 Å². The van der Waals surface area contributed by atoms with Crippen molar-refractivity contribution in [3.8, 4) is 0 Å². The van der Waals surface area contributed by atoms with E-state index in [0.717, 1.165) is 19.4 Å². The summed E-state index contributed by atoms with van der Waals surface area (Å²) < 4.78 is 0. The molecule has 1 fully saturated rings. The van der Waals surface area contributed by atoms with Crippen LogP contribution >= 0.6 is 0 Å². The highest BCUT2D eigenvalue weighted by atomic mass is 16.2. The molecule has 0 unspecified atom stereocenters. The van der Waals surface area contributed by atoms with Crippen molar-refractivity contribution in [1.29, 1.82) is 0 Å². The molecular formula is C14H22N4O. The Labute approximate surface area is 114 Å². The van der Waals surface area contributed by atoms with Gasteiger partial charge in [-0.15, -0.1) is 0 Å². The lowest BCUT2D eigenvalue weighted by molar-refractivity contribution is 0.0931. The molecule has 1 aliphatic carbocycles. The summed E-state index contributed by atoms with van der Waals surface area (Å²) in [5, 5.41) is 6.19. The van der Waals surface area contributed by atoms with Crippen LogP contribution in [0.2, 0.25) is 0 Å². The van der Waals surface area contributed by atoms with Gasteiger partial charge in [-0.3, -0.25) is 4.79 Å². The van der Waals surface area contributed by atoms with Crippen LogP contribution in [-0.4, -0.2) is 28.0 Å². The highest BCUT2D eigenvalue weighted by molar-refractivity contribution is 5.98. The first-order chi connectivity index (χ1) is 8.95. The Morgan fingerprint density at radius 3 is 2.68 bits per heavy atom. The van der Waals surface area contributed by atoms with E-state index in [1.54, 1.807) is 6.20 Å². The minimum Gasteiger partial charge on any atom is -0.382 e. The van der Waals surface area contributed by atoms with Gasteiger partial charge < -0.3 is 10.6 Å². The van der Waals surface area contributed by atoms with Crippen molar-refractivity contribution in [2.45, 2.75) is 52.0 Å². The highest BCUT2D eigenvalue weighted by Gasteiger charge is 2.39. The molecule has 0 aromatic carbocycles. The first-order valence-electron chi connectivity index (χ1n) is 6.88. The molecule has 1 aromatic rings. The van der Waals surface area contributed by atoms with Gasteiger partial charge in [0.1, 0.15) is 5.82 Å². The number of amides is 1. The fourth-order valence-corrected chi connectivity index (χ4v) is 1.81. The van der Waals surface area contributed by atoms with Crippen LogP contribution in [0.4, 0.5) is 5.69 Å². The molecule has 0 saturated heterocycles. The number of nitrogens with one attached hydrogen (secondary N) is 2. The Kier molecular flexibility index (Phi) is 3.73. The van der Waals surface area contributed by atoms with Gasteiger partial charge in [-0.2, -0.15) is 0 Å². The van der Waals surface area contributed by atoms with Gasteiger partial charge in [-0.25, -0.2) is 9.97 Å². The molecule has 19 heavy (non-hydrogen) atoms. The van der Waals surface area contributed by atoms with E-state index < -0.39 is 0 Å². The smallest absolute Gasteiger partial charge is 0.272 e. The van der Waals surface area contributed by atoms with Crippen LogP contribution in [0.3, 0.4) is 0 Å².